The first-order valence-electron chi connectivity index (χ1n) is 5.94. The van der Waals surface area contributed by atoms with Crippen LogP contribution >= 0.6 is 0 Å². The van der Waals surface area contributed by atoms with Crippen molar-refractivity contribution in [1.82, 2.24) is 0 Å². The molecule has 0 aromatic heterocycles. The van der Waals surface area contributed by atoms with Crippen LogP contribution in [0, 0.1) is 17.1 Å². The Labute approximate surface area is 121 Å². The maximum atomic E-state index is 13.3. The van der Waals surface area contributed by atoms with E-state index in [9.17, 15) is 12.8 Å². The molecule has 0 saturated heterocycles. The van der Waals surface area contributed by atoms with Crippen LogP contribution in [0.4, 0.5) is 15.8 Å². The zero-order valence-corrected chi connectivity index (χ0v) is 11.7. The van der Waals surface area contributed by atoms with E-state index in [0.717, 1.165) is 6.07 Å². The number of halogens is 1. The molecule has 7 heteroatoms. The Morgan fingerprint density at radius 1 is 1.19 bits per heavy atom. The molecule has 0 aliphatic carbocycles. The molecule has 108 valence electrons. The fraction of sp³-hybridized carbons (Fsp3) is 0.0714. The predicted octanol–water partition coefficient (Wildman–Crippen LogP) is 2.22. The molecule has 0 unspecified atom stereocenters. The molecule has 21 heavy (non-hydrogen) atoms. The Morgan fingerprint density at radius 2 is 1.86 bits per heavy atom. The molecule has 2 aromatic rings. The molecule has 0 saturated carbocycles. The normalized spacial score (nSPS) is 10.9. The Kier molecular flexibility index (Phi) is 4.10. The SMILES string of the molecule is N#Cc1ccc(CS(=O)(=O)Nc2ccc(N)c(F)c2)cc1. The van der Waals surface area contributed by atoms with Gasteiger partial charge in [0, 0.05) is 6.07 Å². The zero-order valence-electron chi connectivity index (χ0n) is 10.9. The summed E-state index contributed by atoms with van der Waals surface area (Å²) in [5.41, 5.74) is 6.35. The lowest BCUT2D eigenvalue weighted by molar-refractivity contribution is 0.600. The molecule has 0 aliphatic heterocycles. The van der Waals surface area contributed by atoms with Crippen molar-refractivity contribution in [3.8, 4) is 6.07 Å². The van der Waals surface area contributed by atoms with E-state index >= 15 is 0 Å². The summed E-state index contributed by atoms with van der Waals surface area (Å²) in [7, 11) is -3.68. The number of nitriles is 1. The average Bonchev–Trinajstić information content (AvgIpc) is 2.43. The van der Waals surface area contributed by atoms with E-state index in [4.69, 9.17) is 11.0 Å². The molecule has 0 aliphatic rings. The monoisotopic (exact) mass is 305 g/mol. The largest absolute Gasteiger partial charge is 0.396 e. The van der Waals surface area contributed by atoms with E-state index in [0.29, 0.717) is 11.1 Å². The number of nitrogens with two attached hydrogens (primary N) is 1. The number of nitrogens with one attached hydrogen (secondary N) is 1. The number of benzene rings is 2. The molecule has 3 N–H and O–H groups in total. The highest BCUT2D eigenvalue weighted by molar-refractivity contribution is 7.91. The number of nitrogen functional groups attached to an aromatic ring is 1. The summed E-state index contributed by atoms with van der Waals surface area (Å²) in [6.07, 6.45) is 0. The quantitative estimate of drug-likeness (QED) is 0.846. The van der Waals surface area contributed by atoms with Crippen LogP contribution in [0.15, 0.2) is 42.5 Å². The van der Waals surface area contributed by atoms with Gasteiger partial charge in [-0.05, 0) is 29.8 Å². The second-order valence-corrected chi connectivity index (χ2v) is 6.13. The van der Waals surface area contributed by atoms with Gasteiger partial charge < -0.3 is 5.73 Å². The molecule has 0 bridgehead atoms. The number of anilines is 2. The van der Waals surface area contributed by atoms with Gasteiger partial charge >= 0.3 is 0 Å². The highest BCUT2D eigenvalue weighted by atomic mass is 32.2. The minimum atomic E-state index is -3.68. The van der Waals surface area contributed by atoms with Crippen molar-refractivity contribution in [3.05, 3.63) is 59.4 Å². The van der Waals surface area contributed by atoms with Gasteiger partial charge in [0.05, 0.1) is 28.8 Å². The van der Waals surface area contributed by atoms with Crippen molar-refractivity contribution in [2.75, 3.05) is 10.5 Å². The smallest absolute Gasteiger partial charge is 0.236 e. The van der Waals surface area contributed by atoms with Crippen molar-refractivity contribution in [2.45, 2.75) is 5.75 Å². The first-order valence-corrected chi connectivity index (χ1v) is 7.59. The van der Waals surface area contributed by atoms with E-state index in [-0.39, 0.29) is 17.1 Å². The topological polar surface area (TPSA) is 96.0 Å². The molecule has 0 fully saturated rings. The van der Waals surface area contributed by atoms with Crippen LogP contribution in [0.3, 0.4) is 0 Å². The number of nitrogens with zero attached hydrogens (tertiary/aromatic N) is 1. The first-order chi connectivity index (χ1) is 9.89. The van der Waals surface area contributed by atoms with Crippen LogP contribution in [0.5, 0.6) is 0 Å². The molecule has 2 rings (SSSR count). The zero-order chi connectivity index (χ0) is 15.5. The second-order valence-electron chi connectivity index (χ2n) is 4.41. The maximum absolute atomic E-state index is 13.3. The van der Waals surface area contributed by atoms with Crippen molar-refractivity contribution in [1.29, 1.82) is 5.26 Å². The van der Waals surface area contributed by atoms with E-state index in [2.05, 4.69) is 4.72 Å². The minimum Gasteiger partial charge on any atom is -0.396 e. The summed E-state index contributed by atoms with van der Waals surface area (Å²) in [6, 6.07) is 11.8. The first kappa shape index (κ1) is 14.8. The molecule has 0 amide bonds. The third-order valence-corrected chi connectivity index (χ3v) is 3.97. The van der Waals surface area contributed by atoms with Crippen LogP contribution in [0.1, 0.15) is 11.1 Å². The molecule has 0 atom stereocenters. The van der Waals surface area contributed by atoms with Gasteiger partial charge in [0.2, 0.25) is 10.0 Å². The van der Waals surface area contributed by atoms with Gasteiger partial charge in [-0.1, -0.05) is 12.1 Å². The molecular formula is C14H12FN3O2S. The second kappa shape index (κ2) is 5.81. The standard InChI is InChI=1S/C14H12FN3O2S/c15-13-7-12(5-6-14(13)17)18-21(19,20)9-11-3-1-10(8-16)2-4-11/h1-7,18H,9,17H2. The Bertz CT molecular complexity index is 796. The molecule has 0 radical (unpaired) electrons. The highest BCUT2D eigenvalue weighted by Crippen LogP contribution is 2.18. The van der Waals surface area contributed by atoms with Gasteiger partial charge in [-0.2, -0.15) is 5.26 Å². The van der Waals surface area contributed by atoms with E-state index in [1.165, 1.54) is 24.3 Å². The van der Waals surface area contributed by atoms with Crippen LogP contribution in [-0.2, 0) is 15.8 Å². The van der Waals surface area contributed by atoms with Gasteiger partial charge in [0.1, 0.15) is 5.82 Å². The Hall–Kier alpha value is -2.59. The fourth-order valence-corrected chi connectivity index (χ4v) is 2.89. The Morgan fingerprint density at radius 3 is 2.43 bits per heavy atom. The lowest BCUT2D eigenvalue weighted by Gasteiger charge is -2.09. The van der Waals surface area contributed by atoms with Gasteiger partial charge in [-0.25, -0.2) is 12.8 Å². The lowest BCUT2D eigenvalue weighted by Crippen LogP contribution is -2.15. The predicted molar refractivity (Wildman–Crippen MR) is 78.2 cm³/mol. The summed E-state index contributed by atoms with van der Waals surface area (Å²) in [5.74, 6) is -0.960. The van der Waals surface area contributed by atoms with Gasteiger partial charge in [0.15, 0.2) is 0 Å². The number of sulfonamides is 1. The van der Waals surface area contributed by atoms with E-state index in [1.807, 2.05) is 6.07 Å². The van der Waals surface area contributed by atoms with Crippen LogP contribution in [0.25, 0.3) is 0 Å². The van der Waals surface area contributed by atoms with Gasteiger partial charge in [0.25, 0.3) is 0 Å². The summed E-state index contributed by atoms with van der Waals surface area (Å²) in [5, 5.41) is 8.68. The summed E-state index contributed by atoms with van der Waals surface area (Å²) in [6.45, 7) is 0. The van der Waals surface area contributed by atoms with Crippen LogP contribution < -0.4 is 10.5 Å². The molecule has 0 heterocycles. The third-order valence-electron chi connectivity index (χ3n) is 2.71. The maximum Gasteiger partial charge on any atom is 0.236 e. The average molecular weight is 305 g/mol. The van der Waals surface area contributed by atoms with Crippen molar-refractivity contribution in [2.24, 2.45) is 0 Å². The summed E-state index contributed by atoms with van der Waals surface area (Å²) in [4.78, 5) is 0. The molecule has 0 spiro atoms. The Balaban J connectivity index is 2.14. The summed E-state index contributed by atoms with van der Waals surface area (Å²) < 4.78 is 39.5. The number of rotatable bonds is 4. The van der Waals surface area contributed by atoms with Gasteiger partial charge in [-0.3, -0.25) is 4.72 Å². The molecule has 5 nitrogen and oxygen atoms in total. The molecule has 2 aromatic carbocycles. The van der Waals surface area contributed by atoms with Gasteiger partial charge in [-0.15, -0.1) is 0 Å². The summed E-state index contributed by atoms with van der Waals surface area (Å²) >= 11 is 0. The van der Waals surface area contributed by atoms with E-state index in [1.54, 1.807) is 12.1 Å². The van der Waals surface area contributed by atoms with Crippen molar-refractivity contribution >= 4 is 21.4 Å². The van der Waals surface area contributed by atoms with Crippen LogP contribution in [0.2, 0.25) is 0 Å². The highest BCUT2D eigenvalue weighted by Gasteiger charge is 2.12. The van der Waals surface area contributed by atoms with Crippen molar-refractivity contribution in [3.63, 3.8) is 0 Å². The van der Waals surface area contributed by atoms with Crippen LogP contribution in [-0.4, -0.2) is 8.42 Å². The third kappa shape index (κ3) is 3.94. The number of hydrogen-bond donors (Lipinski definition) is 2. The van der Waals surface area contributed by atoms with Crippen molar-refractivity contribution < 1.29 is 12.8 Å². The fourth-order valence-electron chi connectivity index (χ4n) is 1.70. The molecular weight excluding hydrogens is 293 g/mol. The lowest BCUT2D eigenvalue weighted by atomic mass is 10.2. The van der Waals surface area contributed by atoms with E-state index < -0.39 is 15.8 Å². The number of hydrogen-bond acceptors (Lipinski definition) is 4. The minimum absolute atomic E-state index is 0.0509.